The Kier molecular flexibility index (Phi) is 7.74. The molecule has 162 valence electrons. The van der Waals surface area contributed by atoms with E-state index in [0.29, 0.717) is 6.61 Å². The van der Waals surface area contributed by atoms with Gasteiger partial charge in [0.15, 0.2) is 0 Å². The number of rotatable bonds is 9. The van der Waals surface area contributed by atoms with Crippen LogP contribution in [0.25, 0.3) is 11.1 Å². The summed E-state index contributed by atoms with van der Waals surface area (Å²) in [6.45, 7) is 3.67. The van der Waals surface area contributed by atoms with Gasteiger partial charge in [-0.25, -0.2) is 0 Å². The van der Waals surface area contributed by atoms with Gasteiger partial charge in [-0.1, -0.05) is 43.3 Å². The fraction of sp³-hybridized carbons (Fsp3) is 0.259. The molecule has 0 aliphatic heterocycles. The third kappa shape index (κ3) is 5.89. The van der Waals surface area contributed by atoms with Gasteiger partial charge in [0, 0.05) is 6.54 Å². The van der Waals surface area contributed by atoms with Crippen molar-refractivity contribution in [3.8, 4) is 17.2 Å². The third-order valence-electron chi connectivity index (χ3n) is 5.18. The van der Waals surface area contributed by atoms with Gasteiger partial charge in [0.2, 0.25) is 0 Å². The van der Waals surface area contributed by atoms with Gasteiger partial charge in [-0.3, -0.25) is 0 Å². The van der Waals surface area contributed by atoms with Gasteiger partial charge in [-0.2, -0.15) is 0 Å². The molecule has 4 nitrogen and oxygen atoms in total. The second-order valence-corrected chi connectivity index (χ2v) is 7.66. The monoisotopic (exact) mass is 417 g/mol. The predicted octanol–water partition coefficient (Wildman–Crippen LogP) is 5.71. The van der Waals surface area contributed by atoms with E-state index in [0.717, 1.165) is 46.7 Å². The van der Waals surface area contributed by atoms with Crippen molar-refractivity contribution in [3.05, 3.63) is 89.5 Å². The highest BCUT2D eigenvalue weighted by atomic mass is 16.5. The molecule has 0 bridgehead atoms. The Hall–Kier alpha value is -3.24. The molecule has 31 heavy (non-hydrogen) atoms. The maximum absolute atomic E-state index is 10.1. The van der Waals surface area contributed by atoms with Crippen LogP contribution in [0.5, 0.6) is 17.2 Å². The second kappa shape index (κ2) is 10.7. The van der Waals surface area contributed by atoms with Crippen LogP contribution >= 0.6 is 0 Å². The molecule has 0 amide bonds. The number of nitrogens with zero attached hydrogens (tertiary/aromatic N) is 1. The molecule has 0 fully saturated rings. The van der Waals surface area contributed by atoms with Crippen molar-refractivity contribution in [1.29, 1.82) is 0 Å². The molecule has 1 N–H and O–H groups in total. The molecule has 3 aromatic rings. The number of phenols is 1. The molecule has 0 saturated heterocycles. The lowest BCUT2D eigenvalue weighted by molar-refractivity contribution is 0.261. The van der Waals surface area contributed by atoms with Crippen molar-refractivity contribution in [3.63, 3.8) is 0 Å². The van der Waals surface area contributed by atoms with E-state index in [4.69, 9.17) is 9.47 Å². The van der Waals surface area contributed by atoms with E-state index in [1.54, 1.807) is 13.2 Å². The fourth-order valence-corrected chi connectivity index (χ4v) is 3.56. The maximum Gasteiger partial charge on any atom is 0.119 e. The topological polar surface area (TPSA) is 41.9 Å². The fourth-order valence-electron chi connectivity index (χ4n) is 3.56. The Balaban J connectivity index is 2.04. The van der Waals surface area contributed by atoms with Gasteiger partial charge in [0.05, 0.1) is 7.11 Å². The van der Waals surface area contributed by atoms with E-state index in [1.165, 1.54) is 5.57 Å². The van der Waals surface area contributed by atoms with Crippen LogP contribution in [0.1, 0.15) is 30.0 Å². The highest BCUT2D eigenvalue weighted by molar-refractivity contribution is 5.98. The standard InChI is InChI=1S/C27H31NO3/c1-5-26(20-9-13-24(30-4)14-10-20)27(22-7-6-8-23(29)19-22)21-11-15-25(16-12-21)31-18-17-28(2)3/h6-16,19,29H,5,17-18H2,1-4H3/b27-26-. The summed E-state index contributed by atoms with van der Waals surface area (Å²) in [5.74, 6) is 1.93. The van der Waals surface area contributed by atoms with Gasteiger partial charge < -0.3 is 19.5 Å². The van der Waals surface area contributed by atoms with Gasteiger partial charge in [-0.15, -0.1) is 0 Å². The summed E-state index contributed by atoms with van der Waals surface area (Å²) < 4.78 is 11.2. The first-order chi connectivity index (χ1) is 15.0. The average molecular weight is 418 g/mol. The minimum Gasteiger partial charge on any atom is -0.508 e. The lowest BCUT2D eigenvalue weighted by Gasteiger charge is -2.17. The summed E-state index contributed by atoms with van der Waals surface area (Å²) >= 11 is 0. The van der Waals surface area contributed by atoms with Crippen molar-refractivity contribution in [2.75, 3.05) is 34.4 Å². The number of aromatic hydroxyl groups is 1. The Morgan fingerprint density at radius 2 is 1.48 bits per heavy atom. The highest BCUT2D eigenvalue weighted by Gasteiger charge is 2.14. The molecule has 0 saturated carbocycles. The lowest BCUT2D eigenvalue weighted by atomic mass is 9.88. The van der Waals surface area contributed by atoms with Crippen LogP contribution in [0.3, 0.4) is 0 Å². The number of benzene rings is 3. The van der Waals surface area contributed by atoms with Gasteiger partial charge in [-0.05, 0) is 84.8 Å². The summed E-state index contributed by atoms with van der Waals surface area (Å²) in [4.78, 5) is 2.10. The van der Waals surface area contributed by atoms with Gasteiger partial charge in [0.25, 0.3) is 0 Å². The molecule has 0 aliphatic rings. The maximum atomic E-state index is 10.1. The average Bonchev–Trinajstić information content (AvgIpc) is 2.78. The van der Waals surface area contributed by atoms with Crippen LogP contribution in [0.4, 0.5) is 0 Å². The zero-order valence-corrected chi connectivity index (χ0v) is 18.8. The van der Waals surface area contributed by atoms with Gasteiger partial charge >= 0.3 is 0 Å². The largest absolute Gasteiger partial charge is 0.508 e. The normalized spacial score (nSPS) is 11.9. The molecule has 3 aromatic carbocycles. The van der Waals surface area contributed by atoms with Crippen LogP contribution in [0.15, 0.2) is 72.8 Å². The summed E-state index contributed by atoms with van der Waals surface area (Å²) in [7, 11) is 5.74. The van der Waals surface area contributed by atoms with E-state index < -0.39 is 0 Å². The van der Waals surface area contributed by atoms with Crippen LogP contribution in [0.2, 0.25) is 0 Å². The number of ether oxygens (including phenoxy) is 2. The summed E-state index contributed by atoms with van der Waals surface area (Å²) in [5, 5.41) is 10.1. The minimum atomic E-state index is 0.254. The SMILES string of the molecule is CC/C(=C(\c1ccc(OCCN(C)C)cc1)c1cccc(O)c1)c1ccc(OC)cc1. The second-order valence-electron chi connectivity index (χ2n) is 7.66. The molecule has 3 rings (SSSR count). The molecule has 0 aromatic heterocycles. The Bertz CT molecular complexity index is 1010. The number of allylic oxidation sites excluding steroid dienone is 1. The molecule has 0 unspecified atom stereocenters. The Morgan fingerprint density at radius 1 is 0.839 bits per heavy atom. The van der Waals surface area contributed by atoms with Crippen LogP contribution in [-0.4, -0.2) is 44.4 Å². The number of likely N-dealkylation sites (N-methyl/N-ethyl adjacent to an activating group) is 1. The van der Waals surface area contributed by atoms with Crippen molar-refractivity contribution < 1.29 is 14.6 Å². The van der Waals surface area contributed by atoms with E-state index >= 15 is 0 Å². The molecule has 0 radical (unpaired) electrons. The van der Waals surface area contributed by atoms with Crippen molar-refractivity contribution in [1.82, 2.24) is 4.90 Å². The van der Waals surface area contributed by atoms with E-state index in [1.807, 2.05) is 56.6 Å². The first-order valence-corrected chi connectivity index (χ1v) is 10.6. The molecule has 0 spiro atoms. The Labute approximate surface area is 185 Å². The molecule has 0 atom stereocenters. The van der Waals surface area contributed by atoms with Crippen molar-refractivity contribution in [2.45, 2.75) is 13.3 Å². The quantitative estimate of drug-likeness (QED) is 0.453. The highest BCUT2D eigenvalue weighted by Crippen LogP contribution is 2.36. The number of methoxy groups -OCH3 is 1. The van der Waals surface area contributed by atoms with Crippen molar-refractivity contribution >= 4 is 11.1 Å². The Morgan fingerprint density at radius 3 is 2.06 bits per heavy atom. The summed E-state index contributed by atoms with van der Waals surface area (Å²) in [6, 6.07) is 23.7. The van der Waals surface area contributed by atoms with Crippen molar-refractivity contribution in [2.24, 2.45) is 0 Å². The summed E-state index contributed by atoms with van der Waals surface area (Å²) in [5.41, 5.74) is 5.50. The van der Waals surface area contributed by atoms with E-state index in [9.17, 15) is 5.11 Å². The number of phenolic OH excluding ortho intramolecular Hbond substituents is 1. The number of hydrogen-bond acceptors (Lipinski definition) is 4. The third-order valence-corrected chi connectivity index (χ3v) is 5.18. The zero-order valence-electron chi connectivity index (χ0n) is 18.8. The van der Waals surface area contributed by atoms with Crippen LogP contribution < -0.4 is 9.47 Å². The smallest absolute Gasteiger partial charge is 0.119 e. The minimum absolute atomic E-state index is 0.254. The van der Waals surface area contributed by atoms with Crippen LogP contribution in [-0.2, 0) is 0 Å². The molecule has 0 aliphatic carbocycles. The van der Waals surface area contributed by atoms with Gasteiger partial charge in [0.1, 0.15) is 23.9 Å². The first-order valence-electron chi connectivity index (χ1n) is 10.6. The molecule has 0 heterocycles. The lowest BCUT2D eigenvalue weighted by Crippen LogP contribution is -2.19. The predicted molar refractivity (Wildman–Crippen MR) is 128 cm³/mol. The van der Waals surface area contributed by atoms with E-state index in [2.05, 4.69) is 36.1 Å². The van der Waals surface area contributed by atoms with E-state index in [-0.39, 0.29) is 5.75 Å². The zero-order chi connectivity index (χ0) is 22.2. The number of hydrogen-bond donors (Lipinski definition) is 1. The molecular weight excluding hydrogens is 386 g/mol. The molecular formula is C27H31NO3. The van der Waals surface area contributed by atoms with Crippen LogP contribution in [0, 0.1) is 0 Å². The molecule has 4 heteroatoms. The first kappa shape index (κ1) is 22.4. The summed E-state index contributed by atoms with van der Waals surface area (Å²) in [6.07, 6.45) is 0.846.